The Morgan fingerprint density at radius 2 is 1.95 bits per heavy atom. The summed E-state index contributed by atoms with van der Waals surface area (Å²) in [6.07, 6.45) is 0. The lowest BCUT2D eigenvalue weighted by molar-refractivity contribution is 0.621. The van der Waals surface area contributed by atoms with Gasteiger partial charge in [0.1, 0.15) is 5.52 Å². The summed E-state index contributed by atoms with van der Waals surface area (Å²) in [4.78, 5) is 4.39. The molecule has 0 aliphatic heterocycles. The minimum atomic E-state index is 0.418. The van der Waals surface area contributed by atoms with E-state index in [9.17, 15) is 0 Å². The molecule has 3 rings (SSSR count). The summed E-state index contributed by atoms with van der Waals surface area (Å²) >= 11 is 15.4. The highest BCUT2D eigenvalue weighted by molar-refractivity contribution is 9.10. The smallest absolute Gasteiger partial charge is 0.228 e. The lowest BCUT2D eigenvalue weighted by Crippen LogP contribution is -1.84. The molecule has 0 saturated carbocycles. The number of hydrogen-bond donors (Lipinski definition) is 1. The average molecular weight is 358 g/mol. The summed E-state index contributed by atoms with van der Waals surface area (Å²) < 4.78 is 6.52. The third kappa shape index (κ3) is 2.31. The molecule has 6 heteroatoms. The molecule has 0 saturated heterocycles. The van der Waals surface area contributed by atoms with Crippen LogP contribution in [0.1, 0.15) is 0 Å². The van der Waals surface area contributed by atoms with Crippen molar-refractivity contribution in [2.45, 2.75) is 0 Å². The van der Waals surface area contributed by atoms with Crippen molar-refractivity contribution in [2.75, 3.05) is 5.73 Å². The number of rotatable bonds is 1. The molecule has 0 unspecified atom stereocenters. The van der Waals surface area contributed by atoms with Crippen LogP contribution in [-0.4, -0.2) is 4.98 Å². The molecule has 3 nitrogen and oxygen atoms in total. The molecule has 96 valence electrons. The van der Waals surface area contributed by atoms with Gasteiger partial charge in [-0.15, -0.1) is 0 Å². The first-order chi connectivity index (χ1) is 9.04. The average Bonchev–Trinajstić information content (AvgIpc) is 2.72. The molecule has 0 aliphatic rings. The van der Waals surface area contributed by atoms with Crippen LogP contribution in [0.5, 0.6) is 0 Å². The molecule has 1 aromatic heterocycles. The molecule has 0 spiro atoms. The van der Waals surface area contributed by atoms with Crippen LogP contribution in [0, 0.1) is 0 Å². The molecule has 3 aromatic rings. The van der Waals surface area contributed by atoms with Crippen molar-refractivity contribution >= 4 is 55.9 Å². The number of nitrogens with two attached hydrogens (primary N) is 1. The van der Waals surface area contributed by atoms with E-state index in [1.807, 2.05) is 6.07 Å². The van der Waals surface area contributed by atoms with Gasteiger partial charge in [-0.2, -0.15) is 0 Å². The summed E-state index contributed by atoms with van der Waals surface area (Å²) in [7, 11) is 0. The Morgan fingerprint density at radius 1 is 1.16 bits per heavy atom. The third-order valence-electron chi connectivity index (χ3n) is 2.65. The van der Waals surface area contributed by atoms with Crippen molar-refractivity contribution in [2.24, 2.45) is 0 Å². The van der Waals surface area contributed by atoms with Crippen LogP contribution in [0.3, 0.4) is 0 Å². The van der Waals surface area contributed by atoms with Gasteiger partial charge in [-0.3, -0.25) is 0 Å². The van der Waals surface area contributed by atoms with Crippen molar-refractivity contribution in [1.29, 1.82) is 0 Å². The van der Waals surface area contributed by atoms with E-state index in [-0.39, 0.29) is 0 Å². The van der Waals surface area contributed by atoms with Gasteiger partial charge in [0, 0.05) is 9.50 Å². The largest absolute Gasteiger partial charge is 0.434 e. The van der Waals surface area contributed by atoms with Crippen molar-refractivity contribution in [1.82, 2.24) is 4.98 Å². The Bertz CT molecular complexity index is 786. The SMILES string of the molecule is Nc1cc(Br)cc2nc(-c3ccc(Cl)cc3Cl)oc12. The lowest BCUT2D eigenvalue weighted by atomic mass is 10.2. The van der Waals surface area contributed by atoms with Gasteiger partial charge in [0.05, 0.1) is 16.3 Å². The topological polar surface area (TPSA) is 52.0 Å². The van der Waals surface area contributed by atoms with Gasteiger partial charge in [0.15, 0.2) is 5.58 Å². The number of nitrogen functional groups attached to an aromatic ring is 1. The van der Waals surface area contributed by atoms with Gasteiger partial charge < -0.3 is 10.2 Å². The van der Waals surface area contributed by atoms with E-state index in [2.05, 4.69) is 20.9 Å². The number of halogens is 3. The molecular weight excluding hydrogens is 351 g/mol. The fourth-order valence-electron chi connectivity index (χ4n) is 1.80. The molecule has 19 heavy (non-hydrogen) atoms. The molecule has 0 bridgehead atoms. The Kier molecular flexibility index (Phi) is 3.17. The molecule has 0 amide bonds. The predicted octanol–water partition coefficient (Wildman–Crippen LogP) is 5.15. The van der Waals surface area contributed by atoms with Crippen molar-refractivity contribution in [3.63, 3.8) is 0 Å². The predicted molar refractivity (Wildman–Crippen MR) is 81.6 cm³/mol. The summed E-state index contributed by atoms with van der Waals surface area (Å²) in [6, 6.07) is 8.74. The van der Waals surface area contributed by atoms with Gasteiger partial charge in [-0.1, -0.05) is 39.1 Å². The van der Waals surface area contributed by atoms with Gasteiger partial charge in [-0.25, -0.2) is 4.98 Å². The molecule has 0 aliphatic carbocycles. The van der Waals surface area contributed by atoms with E-state index >= 15 is 0 Å². The monoisotopic (exact) mass is 356 g/mol. The number of aromatic nitrogens is 1. The number of oxazole rings is 1. The highest BCUT2D eigenvalue weighted by Gasteiger charge is 2.14. The second-order valence-electron chi connectivity index (χ2n) is 3.99. The number of fused-ring (bicyclic) bond motifs is 1. The summed E-state index contributed by atoms with van der Waals surface area (Å²) in [5.74, 6) is 0.418. The summed E-state index contributed by atoms with van der Waals surface area (Å²) in [5, 5.41) is 1.05. The third-order valence-corrected chi connectivity index (χ3v) is 3.65. The van der Waals surface area contributed by atoms with Crippen LogP contribution < -0.4 is 5.73 Å². The van der Waals surface area contributed by atoms with Gasteiger partial charge in [-0.05, 0) is 30.3 Å². The van der Waals surface area contributed by atoms with E-state index in [0.29, 0.717) is 38.3 Å². The summed E-state index contributed by atoms with van der Waals surface area (Å²) in [5.41, 5.74) is 8.31. The molecule has 0 fully saturated rings. The van der Waals surface area contributed by atoms with Crippen LogP contribution in [0.25, 0.3) is 22.6 Å². The number of nitrogens with zero attached hydrogens (tertiary/aromatic N) is 1. The van der Waals surface area contributed by atoms with E-state index in [0.717, 1.165) is 4.47 Å². The van der Waals surface area contributed by atoms with E-state index in [1.165, 1.54) is 0 Å². The van der Waals surface area contributed by atoms with Crippen molar-refractivity contribution < 1.29 is 4.42 Å². The maximum atomic E-state index is 6.14. The maximum Gasteiger partial charge on any atom is 0.228 e. The number of benzene rings is 2. The Labute approximate surface area is 127 Å². The normalized spacial score (nSPS) is 11.1. The highest BCUT2D eigenvalue weighted by Crippen LogP contribution is 2.34. The zero-order valence-electron chi connectivity index (χ0n) is 9.45. The Hall–Kier alpha value is -1.23. The van der Waals surface area contributed by atoms with Gasteiger partial charge in [0.25, 0.3) is 0 Å². The Morgan fingerprint density at radius 3 is 2.68 bits per heavy atom. The number of hydrogen-bond acceptors (Lipinski definition) is 3. The second-order valence-corrected chi connectivity index (χ2v) is 5.75. The molecule has 1 heterocycles. The van der Waals surface area contributed by atoms with E-state index in [4.69, 9.17) is 33.4 Å². The lowest BCUT2D eigenvalue weighted by Gasteiger charge is -1.99. The molecular formula is C13H7BrCl2N2O. The van der Waals surface area contributed by atoms with Crippen LogP contribution in [0.4, 0.5) is 5.69 Å². The number of anilines is 1. The molecule has 0 radical (unpaired) electrons. The van der Waals surface area contributed by atoms with Crippen molar-refractivity contribution in [3.8, 4) is 11.5 Å². The van der Waals surface area contributed by atoms with Crippen LogP contribution in [0.15, 0.2) is 39.2 Å². The van der Waals surface area contributed by atoms with Crippen LogP contribution in [0.2, 0.25) is 10.0 Å². The van der Waals surface area contributed by atoms with Gasteiger partial charge >= 0.3 is 0 Å². The standard InChI is InChI=1S/C13H7BrCl2N2O/c14-6-3-10(17)12-11(4-6)18-13(19-12)8-2-1-7(15)5-9(8)16/h1-5H,17H2. The molecule has 2 aromatic carbocycles. The minimum absolute atomic E-state index is 0.418. The molecule has 0 atom stereocenters. The minimum Gasteiger partial charge on any atom is -0.434 e. The van der Waals surface area contributed by atoms with Gasteiger partial charge in [0.2, 0.25) is 5.89 Å². The van der Waals surface area contributed by atoms with E-state index < -0.39 is 0 Å². The summed E-state index contributed by atoms with van der Waals surface area (Å²) in [6.45, 7) is 0. The quantitative estimate of drug-likeness (QED) is 0.613. The fraction of sp³-hybridized carbons (Fsp3) is 0. The van der Waals surface area contributed by atoms with E-state index in [1.54, 1.807) is 24.3 Å². The zero-order valence-corrected chi connectivity index (χ0v) is 12.6. The fourth-order valence-corrected chi connectivity index (χ4v) is 2.75. The maximum absolute atomic E-state index is 6.14. The van der Waals surface area contributed by atoms with Crippen LogP contribution >= 0.6 is 39.1 Å². The van der Waals surface area contributed by atoms with Crippen LogP contribution in [-0.2, 0) is 0 Å². The zero-order chi connectivity index (χ0) is 13.6. The van der Waals surface area contributed by atoms with Crippen molar-refractivity contribution in [3.05, 3.63) is 44.8 Å². The second kappa shape index (κ2) is 4.71. The first-order valence-electron chi connectivity index (χ1n) is 5.35. The first kappa shape index (κ1) is 12.8. The highest BCUT2D eigenvalue weighted by atomic mass is 79.9. The molecule has 2 N–H and O–H groups in total. The first-order valence-corrected chi connectivity index (χ1v) is 6.90. The Balaban J connectivity index is 2.23.